The number of hydrogen-bond donors (Lipinski definition) is 0. The lowest BCUT2D eigenvalue weighted by atomic mass is 9.89. The molecule has 6 rings (SSSR count). The Bertz CT molecular complexity index is 1420. The van der Waals surface area contributed by atoms with Crippen LogP contribution < -0.4 is 0 Å². The number of hydrogen-bond acceptors (Lipinski definition) is 6. The van der Waals surface area contributed by atoms with Gasteiger partial charge in [0.25, 0.3) is 0 Å². The molecule has 0 bridgehead atoms. The number of ether oxygens (including phenoxy) is 1. The van der Waals surface area contributed by atoms with Crippen molar-refractivity contribution >= 4 is 16.7 Å². The lowest BCUT2D eigenvalue weighted by Gasteiger charge is -2.26. The third-order valence-corrected chi connectivity index (χ3v) is 7.49. The highest BCUT2D eigenvalue weighted by Crippen LogP contribution is 2.28. The second-order valence-corrected chi connectivity index (χ2v) is 9.90. The SMILES string of the molecule is Cn1ncc(-c2cnc3cnc(CC(=O)c4ccc5c(c4)CCCC5)cc3c2)c1CN1CCOCC1. The molecule has 0 saturated carbocycles. The Morgan fingerprint density at radius 3 is 2.67 bits per heavy atom. The van der Waals surface area contributed by atoms with E-state index in [1.807, 2.05) is 36.3 Å². The predicted molar refractivity (Wildman–Crippen MR) is 139 cm³/mol. The number of carbonyl (C=O) groups is 1. The number of aryl methyl sites for hydroxylation is 3. The normalized spacial score (nSPS) is 16.2. The van der Waals surface area contributed by atoms with Gasteiger partial charge in [0.15, 0.2) is 5.78 Å². The lowest BCUT2D eigenvalue weighted by Crippen LogP contribution is -2.36. The number of pyridine rings is 2. The molecule has 4 heterocycles. The number of fused-ring (bicyclic) bond motifs is 2. The number of nitrogens with zero attached hydrogens (tertiary/aromatic N) is 5. The van der Waals surface area contributed by atoms with Crippen LogP contribution in [0.25, 0.3) is 22.0 Å². The minimum Gasteiger partial charge on any atom is -0.379 e. The van der Waals surface area contributed by atoms with Crippen LogP contribution >= 0.6 is 0 Å². The largest absolute Gasteiger partial charge is 0.379 e. The highest BCUT2D eigenvalue weighted by atomic mass is 16.5. The first kappa shape index (κ1) is 23.0. The average molecular weight is 482 g/mol. The Labute approximate surface area is 211 Å². The van der Waals surface area contributed by atoms with Crippen molar-refractivity contribution < 1.29 is 9.53 Å². The molecule has 1 fully saturated rings. The van der Waals surface area contributed by atoms with Crippen molar-refractivity contribution in [2.24, 2.45) is 7.05 Å². The molecule has 0 spiro atoms. The van der Waals surface area contributed by atoms with Gasteiger partial charge in [0.1, 0.15) is 0 Å². The van der Waals surface area contributed by atoms with Crippen molar-refractivity contribution in [2.45, 2.75) is 38.6 Å². The minimum atomic E-state index is 0.111. The molecule has 7 heteroatoms. The number of benzene rings is 1. The molecule has 0 N–H and O–H groups in total. The van der Waals surface area contributed by atoms with E-state index >= 15 is 0 Å². The molecule has 0 unspecified atom stereocenters. The standard InChI is InChI=1S/C29H31N5O2/c1-33-28(19-34-8-10-36-11-9-34)26(17-32-33)24-13-23-14-25(30-18-27(23)31-16-24)15-29(35)22-7-6-20-4-2-3-5-21(20)12-22/h6-7,12-14,16-18H,2-5,8-11,15,19H2,1H3. The van der Waals surface area contributed by atoms with Crippen molar-refractivity contribution in [1.29, 1.82) is 0 Å². The number of morpholine rings is 1. The third-order valence-electron chi connectivity index (χ3n) is 7.49. The number of aromatic nitrogens is 4. The van der Waals surface area contributed by atoms with Gasteiger partial charge in [-0.3, -0.25) is 24.3 Å². The van der Waals surface area contributed by atoms with Crippen molar-refractivity contribution in [3.8, 4) is 11.1 Å². The molecular weight excluding hydrogens is 450 g/mol. The summed E-state index contributed by atoms with van der Waals surface area (Å²) in [5, 5.41) is 5.52. The van der Waals surface area contributed by atoms with Gasteiger partial charge in [-0.25, -0.2) is 0 Å². The van der Waals surface area contributed by atoms with E-state index in [4.69, 9.17) is 4.74 Å². The van der Waals surface area contributed by atoms with E-state index in [-0.39, 0.29) is 12.2 Å². The maximum absolute atomic E-state index is 13.1. The topological polar surface area (TPSA) is 73.1 Å². The lowest BCUT2D eigenvalue weighted by molar-refractivity contribution is 0.0332. The molecule has 1 aliphatic heterocycles. The molecule has 1 aliphatic carbocycles. The summed E-state index contributed by atoms with van der Waals surface area (Å²) in [7, 11) is 1.99. The number of rotatable bonds is 6. The van der Waals surface area contributed by atoms with Crippen LogP contribution in [0.15, 0.2) is 48.9 Å². The molecule has 184 valence electrons. The summed E-state index contributed by atoms with van der Waals surface area (Å²) in [6.45, 7) is 4.21. The zero-order chi connectivity index (χ0) is 24.5. The van der Waals surface area contributed by atoms with Gasteiger partial charge < -0.3 is 4.74 Å². The van der Waals surface area contributed by atoms with Gasteiger partial charge in [-0.1, -0.05) is 12.1 Å². The summed E-state index contributed by atoms with van der Waals surface area (Å²) in [5.41, 5.74) is 8.37. The maximum Gasteiger partial charge on any atom is 0.168 e. The fraction of sp³-hybridized carbons (Fsp3) is 0.379. The summed E-state index contributed by atoms with van der Waals surface area (Å²) < 4.78 is 7.45. The zero-order valence-corrected chi connectivity index (χ0v) is 20.7. The minimum absolute atomic E-state index is 0.111. The predicted octanol–water partition coefficient (Wildman–Crippen LogP) is 4.17. The van der Waals surface area contributed by atoms with Crippen molar-refractivity contribution in [1.82, 2.24) is 24.6 Å². The van der Waals surface area contributed by atoms with E-state index in [2.05, 4.69) is 38.2 Å². The zero-order valence-electron chi connectivity index (χ0n) is 20.7. The average Bonchev–Trinajstić information content (AvgIpc) is 3.28. The Balaban J connectivity index is 1.25. The van der Waals surface area contributed by atoms with E-state index < -0.39 is 0 Å². The van der Waals surface area contributed by atoms with Crippen LogP contribution in [0.1, 0.15) is 45.7 Å². The molecule has 1 aromatic carbocycles. The van der Waals surface area contributed by atoms with Gasteiger partial charge in [-0.05, 0) is 55.0 Å². The highest BCUT2D eigenvalue weighted by Gasteiger charge is 2.18. The molecule has 4 aromatic rings. The second-order valence-electron chi connectivity index (χ2n) is 9.90. The van der Waals surface area contributed by atoms with Crippen LogP contribution in [-0.2, 0) is 37.6 Å². The van der Waals surface area contributed by atoms with Gasteiger partial charge >= 0.3 is 0 Å². The molecule has 7 nitrogen and oxygen atoms in total. The van der Waals surface area contributed by atoms with E-state index in [0.29, 0.717) is 0 Å². The van der Waals surface area contributed by atoms with Crippen LogP contribution in [0, 0.1) is 0 Å². The van der Waals surface area contributed by atoms with Gasteiger partial charge in [-0.2, -0.15) is 5.10 Å². The summed E-state index contributed by atoms with van der Waals surface area (Å²) >= 11 is 0. The van der Waals surface area contributed by atoms with Crippen LogP contribution in [0.3, 0.4) is 0 Å². The van der Waals surface area contributed by atoms with Crippen molar-refractivity contribution in [3.63, 3.8) is 0 Å². The Morgan fingerprint density at radius 1 is 0.972 bits per heavy atom. The monoisotopic (exact) mass is 481 g/mol. The molecule has 0 radical (unpaired) electrons. The fourth-order valence-electron chi connectivity index (χ4n) is 5.36. The van der Waals surface area contributed by atoms with Crippen LogP contribution in [0.5, 0.6) is 0 Å². The first-order valence-electron chi connectivity index (χ1n) is 12.8. The summed E-state index contributed by atoms with van der Waals surface area (Å²) in [4.78, 5) is 24.7. The summed E-state index contributed by atoms with van der Waals surface area (Å²) in [5.74, 6) is 0.111. The van der Waals surface area contributed by atoms with Crippen LogP contribution in [-0.4, -0.2) is 56.7 Å². The van der Waals surface area contributed by atoms with E-state index in [9.17, 15) is 4.79 Å². The van der Waals surface area contributed by atoms with Crippen LogP contribution in [0.2, 0.25) is 0 Å². The molecule has 3 aromatic heterocycles. The number of ketones is 1. The number of Topliss-reactive ketones (excluding diaryl/α,β-unsaturated/α-hetero) is 1. The van der Waals surface area contributed by atoms with Gasteiger partial charge in [0.2, 0.25) is 0 Å². The molecule has 1 saturated heterocycles. The van der Waals surface area contributed by atoms with E-state index in [1.165, 1.54) is 24.0 Å². The van der Waals surface area contributed by atoms with Gasteiger partial charge in [0.05, 0.1) is 43.2 Å². The first-order valence-corrected chi connectivity index (χ1v) is 12.8. The quantitative estimate of drug-likeness (QED) is 0.385. The summed E-state index contributed by atoms with van der Waals surface area (Å²) in [6, 6.07) is 10.3. The van der Waals surface area contributed by atoms with Gasteiger partial charge in [0, 0.05) is 60.6 Å². The van der Waals surface area contributed by atoms with E-state index in [0.717, 1.165) is 84.7 Å². The smallest absolute Gasteiger partial charge is 0.168 e. The Morgan fingerprint density at radius 2 is 1.81 bits per heavy atom. The Kier molecular flexibility index (Phi) is 6.34. The molecule has 36 heavy (non-hydrogen) atoms. The van der Waals surface area contributed by atoms with Crippen molar-refractivity contribution in [2.75, 3.05) is 26.3 Å². The van der Waals surface area contributed by atoms with Crippen LogP contribution in [0.4, 0.5) is 0 Å². The molecule has 0 amide bonds. The highest BCUT2D eigenvalue weighted by molar-refractivity contribution is 5.98. The second kappa shape index (κ2) is 9.91. The van der Waals surface area contributed by atoms with Crippen molar-refractivity contribution in [3.05, 3.63) is 77.0 Å². The van der Waals surface area contributed by atoms with E-state index in [1.54, 1.807) is 6.20 Å². The van der Waals surface area contributed by atoms with Gasteiger partial charge in [-0.15, -0.1) is 0 Å². The fourth-order valence-corrected chi connectivity index (χ4v) is 5.36. The maximum atomic E-state index is 13.1. The molecular formula is C29H31N5O2. The Hall–Kier alpha value is -3.42. The third kappa shape index (κ3) is 4.68. The molecule has 2 aliphatic rings. The first-order chi connectivity index (χ1) is 17.6. The summed E-state index contributed by atoms with van der Waals surface area (Å²) in [6.07, 6.45) is 10.5. The number of carbonyl (C=O) groups excluding carboxylic acids is 1. The molecule has 0 atom stereocenters.